The number of amides is 2. The maximum atomic E-state index is 13.1. The molecule has 18 heteroatoms. The van der Waals surface area contributed by atoms with Gasteiger partial charge in [-0.3, -0.25) is 28.3 Å². The number of rotatable bonds is 2. The fourth-order valence-corrected chi connectivity index (χ4v) is 8.33. The second-order valence-electron chi connectivity index (χ2n) is 13.0. The zero-order valence-corrected chi connectivity index (χ0v) is 32.4. The SMILES string of the molecule is Cc1nccc(N)n1.Cc1nccc(Nc2cc(Cl)c3n(c2=O)C2(CCCCC2)NC3=O)n1.Cl.O=C1NC2(CCCCC2)n2c1c(Cl)cc(Br)c2=O. The first-order valence-electron chi connectivity index (χ1n) is 16.7. The van der Waals surface area contributed by atoms with Crippen molar-refractivity contribution in [2.24, 2.45) is 0 Å². The molecular formula is C34H38BrCl3N10O4. The van der Waals surface area contributed by atoms with Crippen LogP contribution in [0.5, 0.6) is 0 Å². The fraction of sp³-hybridized carbons (Fsp3) is 0.412. The van der Waals surface area contributed by atoms with Crippen molar-refractivity contribution in [2.45, 2.75) is 89.4 Å². The zero-order valence-electron chi connectivity index (χ0n) is 28.5. The molecule has 5 N–H and O–H groups in total. The van der Waals surface area contributed by atoms with E-state index in [1.165, 1.54) is 12.1 Å². The molecule has 0 aromatic carbocycles. The summed E-state index contributed by atoms with van der Waals surface area (Å²) in [6.07, 6.45) is 12.5. The van der Waals surface area contributed by atoms with Crippen molar-refractivity contribution in [3.05, 3.63) is 94.9 Å². The van der Waals surface area contributed by atoms with Crippen molar-refractivity contribution >= 4 is 80.7 Å². The fourth-order valence-electron chi connectivity index (χ4n) is 7.23. The van der Waals surface area contributed by atoms with Gasteiger partial charge in [0.05, 0.1) is 14.5 Å². The minimum atomic E-state index is -0.662. The summed E-state index contributed by atoms with van der Waals surface area (Å²) in [5.74, 6) is 1.82. The van der Waals surface area contributed by atoms with Crippen molar-refractivity contribution in [1.82, 2.24) is 39.7 Å². The number of aryl methyl sites for hydroxylation is 2. The van der Waals surface area contributed by atoms with Gasteiger partial charge in [-0.05, 0) is 105 Å². The molecule has 2 amide bonds. The van der Waals surface area contributed by atoms with Crippen LogP contribution in [0.25, 0.3) is 0 Å². The van der Waals surface area contributed by atoms with Gasteiger partial charge in [0.1, 0.15) is 51.7 Å². The van der Waals surface area contributed by atoms with Gasteiger partial charge < -0.3 is 21.7 Å². The molecule has 2 aliphatic heterocycles. The van der Waals surface area contributed by atoms with Crippen LogP contribution in [0.15, 0.2) is 50.7 Å². The smallest absolute Gasteiger partial charge is 0.276 e. The molecule has 2 saturated carbocycles. The summed E-state index contributed by atoms with van der Waals surface area (Å²) in [4.78, 5) is 65.9. The van der Waals surface area contributed by atoms with Crippen LogP contribution in [0.3, 0.4) is 0 Å². The second-order valence-corrected chi connectivity index (χ2v) is 14.6. The van der Waals surface area contributed by atoms with E-state index in [-0.39, 0.29) is 46.1 Å². The highest BCUT2D eigenvalue weighted by molar-refractivity contribution is 9.10. The van der Waals surface area contributed by atoms with E-state index in [4.69, 9.17) is 28.9 Å². The minimum Gasteiger partial charge on any atom is -0.384 e. The number of carbonyl (C=O) groups excluding carboxylic acids is 2. The highest BCUT2D eigenvalue weighted by Gasteiger charge is 2.46. The lowest BCUT2D eigenvalue weighted by Crippen LogP contribution is -2.48. The third kappa shape index (κ3) is 7.68. The van der Waals surface area contributed by atoms with E-state index in [0.29, 0.717) is 44.2 Å². The molecule has 4 aromatic heterocycles. The average molecular weight is 837 g/mol. The summed E-state index contributed by atoms with van der Waals surface area (Å²) in [6, 6.07) is 6.33. The number of anilines is 3. The number of halogens is 4. The number of fused-ring (bicyclic) bond motifs is 4. The van der Waals surface area contributed by atoms with E-state index < -0.39 is 11.3 Å². The molecule has 4 aliphatic rings. The summed E-state index contributed by atoms with van der Waals surface area (Å²) < 4.78 is 3.51. The number of nitrogen functional groups attached to an aromatic ring is 1. The molecule has 4 aromatic rings. The summed E-state index contributed by atoms with van der Waals surface area (Å²) in [6.45, 7) is 3.57. The third-order valence-corrected chi connectivity index (χ3v) is 10.6. The van der Waals surface area contributed by atoms with Gasteiger partial charge in [0.2, 0.25) is 0 Å². The van der Waals surface area contributed by atoms with Crippen molar-refractivity contribution in [2.75, 3.05) is 11.1 Å². The summed E-state index contributed by atoms with van der Waals surface area (Å²) >= 11 is 15.7. The summed E-state index contributed by atoms with van der Waals surface area (Å²) in [5.41, 5.74) is 4.48. The maximum Gasteiger partial charge on any atom is 0.276 e. The summed E-state index contributed by atoms with van der Waals surface area (Å²) in [7, 11) is 0. The quantitative estimate of drug-likeness (QED) is 0.183. The van der Waals surface area contributed by atoms with Crippen molar-refractivity contribution in [1.29, 1.82) is 0 Å². The first kappa shape index (κ1) is 39.2. The number of hydrogen-bond acceptors (Lipinski definition) is 10. The molecule has 0 radical (unpaired) electrons. The standard InChI is InChI=1S/C17H18ClN5O2.C12H12BrClN2O2.C5H7N3.ClH/c1-10-19-8-5-13(20-10)21-12-9-11(18)14-15(24)22-17(23(14)16(12)25)6-3-2-4-7-17;13-7-6-8(14)9-10(17)15-12(16(9)11(7)18)4-2-1-3-5-12;1-4-7-3-2-5(6)8-4;/h5,8-9H,2-4,6-7H2,1H3,(H,22,24)(H,19,20,21);6H,1-5H2,(H,15,17);2-3H,1H3,(H2,6,7,8);1H. The number of hydrogen-bond donors (Lipinski definition) is 4. The highest BCUT2D eigenvalue weighted by atomic mass is 79.9. The Bertz CT molecular complexity index is 2110. The number of nitrogens with one attached hydrogen (secondary N) is 3. The minimum absolute atomic E-state index is 0. The molecule has 2 fully saturated rings. The normalized spacial score (nSPS) is 17.3. The van der Waals surface area contributed by atoms with Crippen LogP contribution in [0.4, 0.5) is 17.3 Å². The first-order chi connectivity index (χ1) is 24.3. The van der Waals surface area contributed by atoms with Gasteiger partial charge in [-0.1, -0.05) is 36.0 Å². The van der Waals surface area contributed by atoms with Crippen LogP contribution in [-0.4, -0.2) is 40.9 Å². The third-order valence-electron chi connectivity index (χ3n) is 9.44. The van der Waals surface area contributed by atoms with Gasteiger partial charge >= 0.3 is 0 Å². The molecule has 276 valence electrons. The second kappa shape index (κ2) is 15.9. The Kier molecular flexibility index (Phi) is 12.0. The van der Waals surface area contributed by atoms with E-state index in [0.717, 1.165) is 64.2 Å². The molecule has 0 saturated heterocycles. The Morgan fingerprint density at radius 3 is 1.71 bits per heavy atom. The molecule has 2 spiro atoms. The monoisotopic (exact) mass is 834 g/mol. The maximum absolute atomic E-state index is 13.1. The molecule has 52 heavy (non-hydrogen) atoms. The predicted octanol–water partition coefficient (Wildman–Crippen LogP) is 6.12. The first-order valence-corrected chi connectivity index (χ1v) is 18.2. The van der Waals surface area contributed by atoms with Crippen LogP contribution in [0.2, 0.25) is 10.0 Å². The number of nitrogens with zero attached hydrogens (tertiary/aromatic N) is 6. The van der Waals surface area contributed by atoms with E-state index in [1.807, 2.05) is 0 Å². The number of pyridine rings is 2. The van der Waals surface area contributed by atoms with Crippen LogP contribution < -0.4 is 32.8 Å². The van der Waals surface area contributed by atoms with E-state index in [9.17, 15) is 19.2 Å². The number of carbonyl (C=O) groups is 2. The Balaban J connectivity index is 0.000000169. The van der Waals surface area contributed by atoms with Gasteiger partial charge in [-0.15, -0.1) is 12.4 Å². The van der Waals surface area contributed by atoms with Crippen molar-refractivity contribution in [3.63, 3.8) is 0 Å². The molecule has 0 bridgehead atoms. The average Bonchev–Trinajstić information content (AvgIpc) is 3.53. The summed E-state index contributed by atoms with van der Waals surface area (Å²) in [5, 5.41) is 9.56. The topological polar surface area (TPSA) is 192 Å². The molecule has 0 unspecified atom stereocenters. The number of nitrogens with two attached hydrogens (primary N) is 1. The van der Waals surface area contributed by atoms with Gasteiger partial charge in [0.25, 0.3) is 22.9 Å². The lowest BCUT2D eigenvalue weighted by molar-refractivity contribution is 0.0867. The zero-order chi connectivity index (χ0) is 36.5. The molecule has 0 atom stereocenters. The largest absolute Gasteiger partial charge is 0.384 e. The Labute approximate surface area is 323 Å². The lowest BCUT2D eigenvalue weighted by Gasteiger charge is -2.35. The lowest BCUT2D eigenvalue weighted by atomic mass is 9.89. The Morgan fingerprint density at radius 1 is 0.750 bits per heavy atom. The van der Waals surface area contributed by atoms with Gasteiger partial charge in [0, 0.05) is 12.4 Å². The van der Waals surface area contributed by atoms with E-state index >= 15 is 0 Å². The predicted molar refractivity (Wildman–Crippen MR) is 205 cm³/mol. The van der Waals surface area contributed by atoms with Crippen LogP contribution >= 0.6 is 51.5 Å². The molecule has 14 nitrogen and oxygen atoms in total. The van der Waals surface area contributed by atoms with Gasteiger partial charge in [0.15, 0.2) is 0 Å². The van der Waals surface area contributed by atoms with Crippen LogP contribution in [0.1, 0.15) is 96.8 Å². The Morgan fingerprint density at radius 2 is 1.23 bits per heavy atom. The molecule has 6 heterocycles. The Hall–Kier alpha value is -4.05. The van der Waals surface area contributed by atoms with E-state index in [1.54, 1.807) is 47.5 Å². The molecular weight excluding hydrogens is 799 g/mol. The van der Waals surface area contributed by atoms with Gasteiger partial charge in [-0.25, -0.2) is 19.9 Å². The highest BCUT2D eigenvalue weighted by Crippen LogP contribution is 2.40. The van der Waals surface area contributed by atoms with Crippen LogP contribution in [0, 0.1) is 13.8 Å². The number of aromatic nitrogens is 6. The van der Waals surface area contributed by atoms with Crippen molar-refractivity contribution < 1.29 is 9.59 Å². The molecule has 2 aliphatic carbocycles. The van der Waals surface area contributed by atoms with Crippen molar-refractivity contribution in [3.8, 4) is 0 Å². The van der Waals surface area contributed by atoms with Crippen LogP contribution in [-0.2, 0) is 11.3 Å². The van der Waals surface area contributed by atoms with E-state index in [2.05, 4.69) is 51.8 Å². The van der Waals surface area contributed by atoms with Gasteiger partial charge in [-0.2, -0.15) is 0 Å². The molecule has 8 rings (SSSR count).